The van der Waals surface area contributed by atoms with E-state index in [-0.39, 0.29) is 12.1 Å². The molecule has 4 nitrogen and oxygen atoms in total. The largest absolute Gasteiger partial charge is 0.467 e. The highest BCUT2D eigenvalue weighted by atomic mass is 35.5. The van der Waals surface area contributed by atoms with Crippen molar-refractivity contribution >= 4 is 23.3 Å². The highest BCUT2D eigenvalue weighted by Crippen LogP contribution is 2.35. The van der Waals surface area contributed by atoms with Crippen molar-refractivity contribution < 1.29 is 14.3 Å². The molecular formula is C15H20ClNO3. The van der Waals surface area contributed by atoms with E-state index in [1.54, 1.807) is 19.2 Å². The van der Waals surface area contributed by atoms with Gasteiger partial charge in [-0.3, -0.25) is 0 Å². The number of benzene rings is 1. The molecule has 1 aliphatic rings. The van der Waals surface area contributed by atoms with Crippen molar-refractivity contribution in [2.75, 3.05) is 19.5 Å². The topological polar surface area (TPSA) is 47.6 Å². The lowest BCUT2D eigenvalue weighted by Crippen LogP contribution is -2.58. The fraction of sp³-hybridized carbons (Fsp3) is 0.533. The molecule has 1 aromatic rings. The Balaban J connectivity index is 2.33. The number of halogens is 1. The molecule has 1 aromatic carbocycles. The van der Waals surface area contributed by atoms with Gasteiger partial charge in [-0.15, -0.1) is 0 Å². The summed E-state index contributed by atoms with van der Waals surface area (Å²) in [6, 6.07) is 7.33. The zero-order valence-corrected chi connectivity index (χ0v) is 12.6. The third-order valence-corrected chi connectivity index (χ3v) is 4.10. The van der Waals surface area contributed by atoms with E-state index in [1.165, 1.54) is 7.11 Å². The maximum atomic E-state index is 12.3. The first-order valence-corrected chi connectivity index (χ1v) is 7.15. The number of hydrogen-bond acceptors (Lipinski definition) is 4. The van der Waals surface area contributed by atoms with Crippen LogP contribution in [0, 0.1) is 0 Å². The third kappa shape index (κ3) is 2.91. The molecule has 1 saturated carbocycles. The molecule has 2 rings (SSSR count). The molecule has 0 heterocycles. The monoisotopic (exact) mass is 297 g/mol. The molecule has 0 spiro atoms. The minimum absolute atomic E-state index is 0.206. The van der Waals surface area contributed by atoms with Crippen LogP contribution in [0.5, 0.6) is 0 Å². The normalized spacial score (nSPS) is 26.1. The number of ether oxygens (including phenoxy) is 2. The Labute approximate surface area is 124 Å². The van der Waals surface area contributed by atoms with E-state index < -0.39 is 5.54 Å². The second kappa shape index (κ2) is 6.46. The molecule has 1 fully saturated rings. The van der Waals surface area contributed by atoms with Gasteiger partial charge in [-0.05, 0) is 31.0 Å². The Bertz CT molecular complexity index is 480. The van der Waals surface area contributed by atoms with E-state index in [4.69, 9.17) is 21.1 Å². The van der Waals surface area contributed by atoms with Crippen molar-refractivity contribution in [1.82, 2.24) is 0 Å². The molecule has 0 amide bonds. The maximum absolute atomic E-state index is 12.3. The number of methoxy groups -OCH3 is 2. The van der Waals surface area contributed by atoms with E-state index in [0.717, 1.165) is 24.9 Å². The minimum Gasteiger partial charge on any atom is -0.467 e. The van der Waals surface area contributed by atoms with Crippen molar-refractivity contribution in [3.8, 4) is 0 Å². The molecule has 2 unspecified atom stereocenters. The lowest BCUT2D eigenvalue weighted by atomic mass is 9.78. The summed E-state index contributed by atoms with van der Waals surface area (Å²) in [4.78, 5) is 12.3. The Kier molecular flexibility index (Phi) is 4.89. The molecule has 5 heteroatoms. The zero-order valence-electron chi connectivity index (χ0n) is 11.8. The molecule has 2 atom stereocenters. The summed E-state index contributed by atoms with van der Waals surface area (Å²) >= 11 is 6.00. The predicted octanol–water partition coefficient (Wildman–Crippen LogP) is 3.25. The standard InChI is InChI=1S/C15H20ClNO3/c1-19-13-8-3-4-9-15(13,14(18)20-2)17-12-7-5-6-11(16)10-12/h5-7,10,13,17H,3-4,8-9H2,1-2H3. The van der Waals surface area contributed by atoms with Gasteiger partial charge >= 0.3 is 5.97 Å². The van der Waals surface area contributed by atoms with Crippen LogP contribution in [0.25, 0.3) is 0 Å². The Morgan fingerprint density at radius 3 is 2.85 bits per heavy atom. The SMILES string of the molecule is COC(=O)C1(Nc2cccc(Cl)c2)CCCCC1OC. The molecule has 0 saturated heterocycles. The van der Waals surface area contributed by atoms with Gasteiger partial charge < -0.3 is 14.8 Å². The molecule has 0 bridgehead atoms. The van der Waals surface area contributed by atoms with Crippen LogP contribution < -0.4 is 5.32 Å². The minimum atomic E-state index is -0.841. The summed E-state index contributed by atoms with van der Waals surface area (Å²) in [6.45, 7) is 0. The van der Waals surface area contributed by atoms with Crippen LogP contribution in [-0.2, 0) is 14.3 Å². The van der Waals surface area contributed by atoms with Gasteiger partial charge in [0.2, 0.25) is 0 Å². The van der Waals surface area contributed by atoms with Gasteiger partial charge in [0.05, 0.1) is 13.2 Å². The number of anilines is 1. The predicted molar refractivity (Wildman–Crippen MR) is 79.1 cm³/mol. The summed E-state index contributed by atoms with van der Waals surface area (Å²) in [5.74, 6) is -0.288. The Morgan fingerprint density at radius 2 is 2.20 bits per heavy atom. The zero-order chi connectivity index (χ0) is 14.6. The van der Waals surface area contributed by atoms with Gasteiger partial charge in [-0.2, -0.15) is 0 Å². The average molecular weight is 298 g/mol. The first kappa shape index (κ1) is 15.1. The number of esters is 1. The van der Waals surface area contributed by atoms with Gasteiger partial charge in [-0.25, -0.2) is 4.79 Å². The summed E-state index contributed by atoms with van der Waals surface area (Å²) in [7, 11) is 3.04. The molecule has 0 aliphatic heterocycles. The Morgan fingerprint density at radius 1 is 1.40 bits per heavy atom. The van der Waals surface area contributed by atoms with Gasteiger partial charge in [0, 0.05) is 17.8 Å². The molecule has 110 valence electrons. The van der Waals surface area contributed by atoms with Crippen molar-refractivity contribution in [3.63, 3.8) is 0 Å². The van der Waals surface area contributed by atoms with E-state index in [1.807, 2.05) is 12.1 Å². The first-order valence-electron chi connectivity index (χ1n) is 6.77. The molecule has 0 radical (unpaired) electrons. The van der Waals surface area contributed by atoms with E-state index in [2.05, 4.69) is 5.32 Å². The summed E-state index contributed by atoms with van der Waals surface area (Å²) in [6.07, 6.45) is 3.32. The number of carbonyl (C=O) groups excluding carboxylic acids is 1. The van der Waals surface area contributed by atoms with Crippen LogP contribution in [0.2, 0.25) is 5.02 Å². The van der Waals surface area contributed by atoms with Crippen LogP contribution in [0.4, 0.5) is 5.69 Å². The molecular weight excluding hydrogens is 278 g/mol. The average Bonchev–Trinajstić information content (AvgIpc) is 2.46. The number of rotatable bonds is 4. The van der Waals surface area contributed by atoms with Crippen molar-refractivity contribution in [2.45, 2.75) is 37.3 Å². The number of nitrogens with one attached hydrogen (secondary N) is 1. The fourth-order valence-corrected chi connectivity index (χ4v) is 3.08. The molecule has 1 aliphatic carbocycles. The van der Waals surface area contributed by atoms with E-state index >= 15 is 0 Å². The highest BCUT2D eigenvalue weighted by Gasteiger charge is 2.48. The van der Waals surface area contributed by atoms with Gasteiger partial charge in [0.25, 0.3) is 0 Å². The van der Waals surface area contributed by atoms with Gasteiger partial charge in [0.1, 0.15) is 0 Å². The molecule has 1 N–H and O–H groups in total. The fourth-order valence-electron chi connectivity index (χ4n) is 2.89. The van der Waals surface area contributed by atoms with Crippen LogP contribution in [0.3, 0.4) is 0 Å². The van der Waals surface area contributed by atoms with Crippen molar-refractivity contribution in [3.05, 3.63) is 29.3 Å². The summed E-state index contributed by atoms with van der Waals surface area (Å²) < 4.78 is 10.5. The second-order valence-corrected chi connectivity index (χ2v) is 5.50. The van der Waals surface area contributed by atoms with Gasteiger partial charge in [0.15, 0.2) is 5.54 Å². The third-order valence-electron chi connectivity index (χ3n) is 3.86. The van der Waals surface area contributed by atoms with Crippen LogP contribution in [0.15, 0.2) is 24.3 Å². The van der Waals surface area contributed by atoms with Gasteiger partial charge in [-0.1, -0.05) is 30.5 Å². The first-order chi connectivity index (χ1) is 9.62. The summed E-state index contributed by atoms with van der Waals surface area (Å²) in [5, 5.41) is 3.93. The van der Waals surface area contributed by atoms with Crippen LogP contribution >= 0.6 is 11.6 Å². The number of carbonyl (C=O) groups is 1. The van der Waals surface area contributed by atoms with Crippen LogP contribution in [-0.4, -0.2) is 31.8 Å². The molecule has 0 aromatic heterocycles. The second-order valence-electron chi connectivity index (χ2n) is 5.07. The molecule has 20 heavy (non-hydrogen) atoms. The highest BCUT2D eigenvalue weighted by molar-refractivity contribution is 6.30. The lowest BCUT2D eigenvalue weighted by molar-refractivity contribution is -0.153. The van der Waals surface area contributed by atoms with Crippen LogP contribution in [0.1, 0.15) is 25.7 Å². The lowest BCUT2D eigenvalue weighted by Gasteiger charge is -2.41. The van der Waals surface area contributed by atoms with Crippen molar-refractivity contribution in [1.29, 1.82) is 0 Å². The summed E-state index contributed by atoms with van der Waals surface area (Å²) in [5.41, 5.74) is -0.0428. The van der Waals surface area contributed by atoms with E-state index in [9.17, 15) is 4.79 Å². The van der Waals surface area contributed by atoms with E-state index in [0.29, 0.717) is 11.4 Å². The maximum Gasteiger partial charge on any atom is 0.334 e. The number of hydrogen-bond donors (Lipinski definition) is 1. The van der Waals surface area contributed by atoms with Crippen molar-refractivity contribution in [2.24, 2.45) is 0 Å². The quantitative estimate of drug-likeness (QED) is 0.867. The Hall–Kier alpha value is -1.26. The smallest absolute Gasteiger partial charge is 0.334 e.